The Hall–Kier alpha value is -0.650. The van der Waals surface area contributed by atoms with Gasteiger partial charge in [0.1, 0.15) is 0 Å². The average molecular weight is 297 g/mol. The van der Waals surface area contributed by atoms with Crippen LogP contribution >= 0.6 is 11.3 Å². The van der Waals surface area contributed by atoms with E-state index in [1.54, 1.807) is 7.11 Å². The van der Waals surface area contributed by atoms with Crippen LogP contribution in [0.25, 0.3) is 0 Å². The van der Waals surface area contributed by atoms with Crippen LogP contribution in [0.5, 0.6) is 0 Å². The fraction of sp³-hybridized carbons (Fsp3) is 0.800. The van der Waals surface area contributed by atoms with Crippen LogP contribution in [0.4, 0.5) is 5.13 Å². The van der Waals surface area contributed by atoms with Gasteiger partial charge in [0.15, 0.2) is 5.13 Å². The number of methoxy groups -OCH3 is 1. The lowest BCUT2D eigenvalue weighted by Gasteiger charge is -2.35. The molecule has 1 fully saturated rings. The Morgan fingerprint density at radius 3 is 3.00 bits per heavy atom. The van der Waals surface area contributed by atoms with Crippen molar-refractivity contribution in [3.8, 4) is 0 Å². The highest BCUT2D eigenvalue weighted by Gasteiger charge is 2.25. The molecule has 114 valence electrons. The summed E-state index contributed by atoms with van der Waals surface area (Å²) in [4.78, 5) is 8.70. The van der Waals surface area contributed by atoms with E-state index in [2.05, 4.69) is 17.1 Å². The van der Waals surface area contributed by atoms with Gasteiger partial charge in [0.2, 0.25) is 0 Å². The predicted molar refractivity (Wildman–Crippen MR) is 85.5 cm³/mol. The Kier molecular flexibility index (Phi) is 6.26. The van der Waals surface area contributed by atoms with Crippen molar-refractivity contribution in [3.05, 3.63) is 10.6 Å². The number of thiazole rings is 1. The van der Waals surface area contributed by atoms with E-state index < -0.39 is 0 Å². The summed E-state index contributed by atoms with van der Waals surface area (Å²) < 4.78 is 5.29. The number of ether oxygens (including phenoxy) is 1. The van der Waals surface area contributed by atoms with E-state index in [1.165, 1.54) is 42.1 Å². The lowest BCUT2D eigenvalue weighted by atomic mass is 9.99. The highest BCUT2D eigenvalue weighted by Crippen LogP contribution is 2.32. The number of nitrogens with one attached hydrogen (secondary N) is 1. The molecule has 1 aromatic rings. The summed E-state index contributed by atoms with van der Waals surface area (Å²) in [7, 11) is 3.72. The molecule has 0 radical (unpaired) electrons. The predicted octanol–water partition coefficient (Wildman–Crippen LogP) is 3.17. The number of rotatable bonds is 7. The van der Waals surface area contributed by atoms with Crippen molar-refractivity contribution in [3.63, 3.8) is 0 Å². The van der Waals surface area contributed by atoms with Crippen molar-refractivity contribution in [1.29, 1.82) is 0 Å². The molecule has 1 aliphatic heterocycles. The maximum atomic E-state index is 5.29. The van der Waals surface area contributed by atoms with Crippen LogP contribution in [0.15, 0.2) is 0 Å². The average Bonchev–Trinajstić information content (AvgIpc) is 2.84. The maximum absolute atomic E-state index is 5.29. The number of piperidine rings is 1. The third-order valence-electron chi connectivity index (χ3n) is 3.88. The quantitative estimate of drug-likeness (QED) is 0.839. The van der Waals surface area contributed by atoms with Crippen molar-refractivity contribution in [2.75, 3.05) is 25.6 Å². The molecule has 0 saturated carbocycles. The Morgan fingerprint density at radius 1 is 1.45 bits per heavy atom. The SMILES string of the molecule is CCCC1CCCCN1c1nc(COC)c(CNC)s1. The third kappa shape index (κ3) is 3.71. The van der Waals surface area contributed by atoms with Crippen LogP contribution in [-0.2, 0) is 17.9 Å². The fourth-order valence-corrected chi connectivity index (χ4v) is 4.10. The van der Waals surface area contributed by atoms with Crippen LogP contribution < -0.4 is 10.2 Å². The van der Waals surface area contributed by atoms with E-state index in [9.17, 15) is 0 Å². The van der Waals surface area contributed by atoms with Crippen LogP contribution in [0.2, 0.25) is 0 Å². The second-order valence-electron chi connectivity index (χ2n) is 5.46. The summed E-state index contributed by atoms with van der Waals surface area (Å²) in [6, 6.07) is 0.678. The third-order valence-corrected chi connectivity index (χ3v) is 5.01. The number of hydrogen-bond donors (Lipinski definition) is 1. The van der Waals surface area contributed by atoms with Gasteiger partial charge < -0.3 is 15.0 Å². The lowest BCUT2D eigenvalue weighted by Crippen LogP contribution is -2.39. The maximum Gasteiger partial charge on any atom is 0.186 e. The van der Waals surface area contributed by atoms with E-state index in [1.807, 2.05) is 18.4 Å². The summed E-state index contributed by atoms with van der Waals surface area (Å²) in [6.07, 6.45) is 6.50. The molecule has 20 heavy (non-hydrogen) atoms. The summed E-state index contributed by atoms with van der Waals surface area (Å²) in [5, 5.41) is 4.43. The van der Waals surface area contributed by atoms with E-state index in [-0.39, 0.29) is 0 Å². The molecule has 5 heteroatoms. The molecule has 0 spiro atoms. The Morgan fingerprint density at radius 2 is 2.30 bits per heavy atom. The normalized spacial score (nSPS) is 19.6. The van der Waals surface area contributed by atoms with Crippen LogP contribution in [0.1, 0.15) is 49.6 Å². The molecular weight excluding hydrogens is 270 g/mol. The minimum Gasteiger partial charge on any atom is -0.378 e. The first-order chi connectivity index (χ1) is 9.80. The van der Waals surface area contributed by atoms with Crippen molar-refractivity contribution in [2.24, 2.45) is 0 Å². The van der Waals surface area contributed by atoms with Gasteiger partial charge in [0.05, 0.1) is 12.3 Å². The minimum absolute atomic E-state index is 0.611. The molecule has 1 aliphatic rings. The van der Waals surface area contributed by atoms with Crippen LogP contribution in [0, 0.1) is 0 Å². The van der Waals surface area contributed by atoms with E-state index >= 15 is 0 Å². The lowest BCUT2D eigenvalue weighted by molar-refractivity contribution is 0.181. The zero-order valence-electron chi connectivity index (χ0n) is 12.9. The van der Waals surface area contributed by atoms with Crippen molar-refractivity contribution >= 4 is 16.5 Å². The summed E-state index contributed by atoms with van der Waals surface area (Å²) in [5.74, 6) is 0. The van der Waals surface area contributed by atoms with Gasteiger partial charge in [-0.25, -0.2) is 4.98 Å². The molecule has 0 aliphatic carbocycles. The fourth-order valence-electron chi connectivity index (χ4n) is 2.93. The molecule has 1 saturated heterocycles. The van der Waals surface area contributed by atoms with Gasteiger partial charge in [0.25, 0.3) is 0 Å². The Balaban J connectivity index is 2.18. The second-order valence-corrected chi connectivity index (χ2v) is 6.52. The number of aromatic nitrogens is 1. The number of hydrogen-bond acceptors (Lipinski definition) is 5. The second kappa shape index (κ2) is 7.96. The molecule has 0 aromatic carbocycles. The van der Waals surface area contributed by atoms with Gasteiger partial charge in [-0.05, 0) is 32.7 Å². The van der Waals surface area contributed by atoms with Gasteiger partial charge in [0, 0.05) is 31.1 Å². The van der Waals surface area contributed by atoms with Crippen molar-refractivity contribution in [2.45, 2.75) is 58.2 Å². The zero-order chi connectivity index (χ0) is 14.4. The molecular formula is C15H27N3OS. The van der Waals surface area contributed by atoms with Crippen LogP contribution in [0.3, 0.4) is 0 Å². The summed E-state index contributed by atoms with van der Waals surface area (Å²) in [6.45, 7) is 4.92. The van der Waals surface area contributed by atoms with Gasteiger partial charge in [-0.1, -0.05) is 13.3 Å². The molecule has 1 aromatic heterocycles. The van der Waals surface area contributed by atoms with Crippen LogP contribution in [-0.4, -0.2) is 31.7 Å². The molecule has 0 amide bonds. The molecule has 2 heterocycles. The first-order valence-corrected chi connectivity index (χ1v) is 8.50. The molecule has 1 N–H and O–H groups in total. The molecule has 1 atom stereocenters. The molecule has 0 bridgehead atoms. The Bertz CT molecular complexity index is 382. The highest BCUT2D eigenvalue weighted by atomic mass is 32.1. The smallest absolute Gasteiger partial charge is 0.186 e. The summed E-state index contributed by atoms with van der Waals surface area (Å²) in [5.41, 5.74) is 1.10. The highest BCUT2D eigenvalue weighted by molar-refractivity contribution is 7.15. The topological polar surface area (TPSA) is 37.4 Å². The first kappa shape index (κ1) is 15.7. The molecule has 4 nitrogen and oxygen atoms in total. The standard InChI is InChI=1S/C15H27N3OS/c1-4-7-12-8-5-6-9-18(12)15-17-13(11-19-3)14(20-15)10-16-2/h12,16H,4-11H2,1-3H3. The largest absolute Gasteiger partial charge is 0.378 e. The molecule has 1 unspecified atom stereocenters. The van der Waals surface area contributed by atoms with Gasteiger partial charge in [-0.15, -0.1) is 11.3 Å². The van der Waals surface area contributed by atoms with Gasteiger partial charge in [-0.2, -0.15) is 0 Å². The van der Waals surface area contributed by atoms with Gasteiger partial charge in [-0.3, -0.25) is 0 Å². The van der Waals surface area contributed by atoms with Gasteiger partial charge >= 0.3 is 0 Å². The number of nitrogens with zero attached hydrogens (tertiary/aromatic N) is 2. The molecule has 2 rings (SSSR count). The van der Waals surface area contributed by atoms with Crippen molar-refractivity contribution in [1.82, 2.24) is 10.3 Å². The minimum atomic E-state index is 0.611. The zero-order valence-corrected chi connectivity index (χ0v) is 13.8. The first-order valence-electron chi connectivity index (χ1n) is 7.68. The summed E-state index contributed by atoms with van der Waals surface area (Å²) >= 11 is 1.83. The van der Waals surface area contributed by atoms with E-state index in [4.69, 9.17) is 9.72 Å². The monoisotopic (exact) mass is 297 g/mol. The van der Waals surface area contributed by atoms with Crippen molar-refractivity contribution < 1.29 is 4.74 Å². The Labute approximate surface area is 126 Å². The van der Waals surface area contributed by atoms with E-state index in [0.717, 1.165) is 18.8 Å². The van der Waals surface area contributed by atoms with E-state index in [0.29, 0.717) is 12.6 Å². The number of anilines is 1.